The number of hydrogen-bond donors (Lipinski definition) is 2. The summed E-state index contributed by atoms with van der Waals surface area (Å²) < 4.78 is 1.19. The molecule has 2 aromatic heterocycles. The van der Waals surface area contributed by atoms with Gasteiger partial charge in [-0.1, -0.05) is 30.3 Å². The quantitative estimate of drug-likeness (QED) is 0.287. The third-order valence-electron chi connectivity index (χ3n) is 4.51. The zero-order valence-corrected chi connectivity index (χ0v) is 17.1. The van der Waals surface area contributed by atoms with Gasteiger partial charge in [0.25, 0.3) is 23.2 Å². The first kappa shape index (κ1) is 21.9. The van der Waals surface area contributed by atoms with Crippen LogP contribution in [0, 0.1) is 20.2 Å². The molecular formula is C19H14N10O5. The fourth-order valence-corrected chi connectivity index (χ4v) is 2.90. The van der Waals surface area contributed by atoms with Gasteiger partial charge in [0, 0.05) is 18.8 Å². The van der Waals surface area contributed by atoms with Gasteiger partial charge >= 0.3 is 0 Å². The molecule has 2 N–H and O–H groups in total. The van der Waals surface area contributed by atoms with E-state index in [0.29, 0.717) is 6.54 Å². The van der Waals surface area contributed by atoms with Crippen LogP contribution in [0.25, 0.3) is 5.95 Å². The molecule has 2 aromatic carbocycles. The van der Waals surface area contributed by atoms with Crippen molar-refractivity contribution in [3.8, 4) is 5.95 Å². The minimum atomic E-state index is -0.825. The van der Waals surface area contributed by atoms with Gasteiger partial charge in [0.15, 0.2) is 0 Å². The van der Waals surface area contributed by atoms with E-state index in [9.17, 15) is 25.0 Å². The lowest BCUT2D eigenvalue weighted by Gasteiger charge is -2.12. The third kappa shape index (κ3) is 4.77. The summed E-state index contributed by atoms with van der Waals surface area (Å²) in [5.74, 6) is -0.569. The molecule has 0 fully saturated rings. The Hall–Kier alpha value is -5.34. The second kappa shape index (κ2) is 9.43. The molecule has 34 heavy (non-hydrogen) atoms. The number of hydrogen-bond acceptors (Lipinski definition) is 11. The summed E-state index contributed by atoms with van der Waals surface area (Å²) in [5, 5.41) is 38.5. The maximum atomic E-state index is 13.0. The molecule has 0 unspecified atom stereocenters. The van der Waals surface area contributed by atoms with Crippen LogP contribution in [0.15, 0.2) is 61.1 Å². The van der Waals surface area contributed by atoms with Crippen molar-refractivity contribution in [1.82, 2.24) is 30.2 Å². The van der Waals surface area contributed by atoms with Crippen LogP contribution in [0.2, 0.25) is 0 Å². The van der Waals surface area contributed by atoms with Crippen molar-refractivity contribution in [2.24, 2.45) is 0 Å². The van der Waals surface area contributed by atoms with Gasteiger partial charge in [0.2, 0.25) is 0 Å². The molecule has 0 bridgehead atoms. The SMILES string of the molecule is O=C(Nc1ccc([N+](=O)[O-])cc1[N+](=O)[O-])c1cnc(-n2cnnn2)nc1NCc1ccccc1. The van der Waals surface area contributed by atoms with E-state index in [4.69, 9.17) is 0 Å². The summed E-state index contributed by atoms with van der Waals surface area (Å²) in [4.78, 5) is 42.1. The number of nitro benzene ring substituents is 2. The van der Waals surface area contributed by atoms with Crippen molar-refractivity contribution in [3.05, 3.63) is 92.4 Å². The average Bonchev–Trinajstić information content (AvgIpc) is 3.38. The molecule has 0 aliphatic carbocycles. The monoisotopic (exact) mass is 462 g/mol. The molecule has 4 aromatic rings. The van der Waals surface area contributed by atoms with E-state index >= 15 is 0 Å². The largest absolute Gasteiger partial charge is 0.365 e. The topological polar surface area (TPSA) is 197 Å². The van der Waals surface area contributed by atoms with Crippen molar-refractivity contribution in [3.63, 3.8) is 0 Å². The lowest BCUT2D eigenvalue weighted by atomic mass is 10.2. The number of non-ortho nitro benzene ring substituents is 1. The van der Waals surface area contributed by atoms with Gasteiger partial charge in [-0.25, -0.2) is 4.98 Å². The van der Waals surface area contributed by atoms with Gasteiger partial charge in [0.1, 0.15) is 23.4 Å². The number of nitro groups is 2. The van der Waals surface area contributed by atoms with Crippen LogP contribution < -0.4 is 10.6 Å². The van der Waals surface area contributed by atoms with Crippen LogP contribution in [0.1, 0.15) is 15.9 Å². The molecule has 0 atom stereocenters. The number of carbonyl (C=O) groups is 1. The number of tetrazole rings is 1. The van der Waals surface area contributed by atoms with Crippen molar-refractivity contribution in [2.45, 2.75) is 6.54 Å². The van der Waals surface area contributed by atoms with Crippen molar-refractivity contribution in [2.75, 3.05) is 10.6 Å². The first-order chi connectivity index (χ1) is 16.4. The number of benzene rings is 2. The van der Waals surface area contributed by atoms with Gasteiger partial charge in [-0.15, -0.1) is 5.10 Å². The fraction of sp³-hybridized carbons (Fsp3) is 0.0526. The van der Waals surface area contributed by atoms with Gasteiger partial charge in [0.05, 0.1) is 15.9 Å². The molecule has 0 aliphatic rings. The Morgan fingerprint density at radius 1 is 1.06 bits per heavy atom. The Morgan fingerprint density at radius 2 is 1.85 bits per heavy atom. The zero-order chi connectivity index (χ0) is 24.1. The molecule has 0 saturated carbocycles. The summed E-state index contributed by atoms with van der Waals surface area (Å²) in [6, 6.07) is 12.2. The minimum Gasteiger partial charge on any atom is -0.365 e. The van der Waals surface area contributed by atoms with Crippen LogP contribution in [-0.4, -0.2) is 45.9 Å². The second-order valence-corrected chi connectivity index (χ2v) is 6.70. The van der Waals surface area contributed by atoms with Crippen molar-refractivity contribution < 1.29 is 14.6 Å². The number of nitrogens with zero attached hydrogens (tertiary/aromatic N) is 8. The van der Waals surface area contributed by atoms with E-state index in [-0.39, 0.29) is 23.0 Å². The Labute approximate surface area is 189 Å². The normalized spacial score (nSPS) is 10.5. The highest BCUT2D eigenvalue weighted by Crippen LogP contribution is 2.29. The van der Waals surface area contributed by atoms with E-state index in [1.165, 1.54) is 17.2 Å². The van der Waals surface area contributed by atoms with Crippen LogP contribution >= 0.6 is 0 Å². The van der Waals surface area contributed by atoms with Gasteiger partial charge in [-0.2, -0.15) is 9.67 Å². The Morgan fingerprint density at radius 3 is 2.53 bits per heavy atom. The minimum absolute atomic E-state index is 0.0274. The van der Waals surface area contributed by atoms with Gasteiger partial charge in [-0.05, 0) is 22.1 Å². The van der Waals surface area contributed by atoms with Crippen LogP contribution in [-0.2, 0) is 6.54 Å². The number of nitrogens with one attached hydrogen (secondary N) is 2. The predicted molar refractivity (Wildman–Crippen MR) is 116 cm³/mol. The molecule has 0 spiro atoms. The molecule has 0 aliphatic heterocycles. The van der Waals surface area contributed by atoms with E-state index in [0.717, 1.165) is 23.8 Å². The second-order valence-electron chi connectivity index (χ2n) is 6.70. The molecule has 15 heteroatoms. The number of anilines is 2. The number of amides is 1. The molecule has 2 heterocycles. The Balaban J connectivity index is 1.66. The lowest BCUT2D eigenvalue weighted by Crippen LogP contribution is -2.18. The first-order valence-corrected chi connectivity index (χ1v) is 9.55. The van der Waals surface area contributed by atoms with Crippen LogP contribution in [0.3, 0.4) is 0 Å². The number of rotatable bonds is 8. The van der Waals surface area contributed by atoms with Gasteiger partial charge in [-0.3, -0.25) is 25.0 Å². The van der Waals surface area contributed by atoms with Crippen LogP contribution in [0.4, 0.5) is 22.9 Å². The molecule has 15 nitrogen and oxygen atoms in total. The molecule has 170 valence electrons. The first-order valence-electron chi connectivity index (χ1n) is 9.55. The van der Waals surface area contributed by atoms with E-state index in [1.54, 1.807) is 0 Å². The molecule has 1 amide bonds. The summed E-state index contributed by atoms with van der Waals surface area (Å²) in [6.45, 7) is 0.310. The van der Waals surface area contributed by atoms with Crippen molar-refractivity contribution >= 4 is 28.8 Å². The Bertz CT molecular complexity index is 1360. The highest BCUT2D eigenvalue weighted by atomic mass is 16.6. The standard InChI is InChI=1S/C19H14N10O5/c30-18(23-15-7-6-13(28(31)32)8-16(15)29(33)34)14-10-21-19(27-11-22-25-26-27)24-17(14)20-9-12-4-2-1-3-5-12/h1-8,10-11H,9H2,(H,23,30)(H,20,21,24). The Kier molecular flexibility index (Phi) is 6.07. The molecular weight excluding hydrogens is 448 g/mol. The smallest absolute Gasteiger partial charge is 0.299 e. The third-order valence-corrected chi connectivity index (χ3v) is 4.51. The van der Waals surface area contributed by atoms with E-state index in [2.05, 4.69) is 36.1 Å². The zero-order valence-electron chi connectivity index (χ0n) is 17.1. The summed E-state index contributed by atoms with van der Waals surface area (Å²) >= 11 is 0. The van der Waals surface area contributed by atoms with E-state index < -0.39 is 27.1 Å². The fourth-order valence-electron chi connectivity index (χ4n) is 2.90. The van der Waals surface area contributed by atoms with Crippen molar-refractivity contribution in [1.29, 1.82) is 0 Å². The highest BCUT2D eigenvalue weighted by molar-refractivity contribution is 6.08. The number of carbonyl (C=O) groups excluding carboxylic acids is 1. The summed E-state index contributed by atoms with van der Waals surface area (Å²) in [5.41, 5.74) is -0.460. The van der Waals surface area contributed by atoms with Gasteiger partial charge < -0.3 is 10.6 Å². The maximum absolute atomic E-state index is 13.0. The molecule has 4 rings (SSSR count). The van der Waals surface area contributed by atoms with Crippen LogP contribution in [0.5, 0.6) is 0 Å². The molecule has 0 saturated heterocycles. The highest BCUT2D eigenvalue weighted by Gasteiger charge is 2.23. The molecule has 0 radical (unpaired) electrons. The predicted octanol–water partition coefficient (Wildman–Crippen LogP) is 2.13. The average molecular weight is 462 g/mol. The summed E-state index contributed by atoms with van der Waals surface area (Å²) in [7, 11) is 0. The summed E-state index contributed by atoms with van der Waals surface area (Å²) in [6.07, 6.45) is 2.49. The van der Waals surface area contributed by atoms with E-state index in [1.807, 2.05) is 30.3 Å². The number of aromatic nitrogens is 6. The lowest BCUT2D eigenvalue weighted by molar-refractivity contribution is -0.393. The maximum Gasteiger partial charge on any atom is 0.299 e.